The van der Waals surface area contributed by atoms with Gasteiger partial charge in [0.05, 0.1) is 10.9 Å². The van der Waals surface area contributed by atoms with E-state index in [1.165, 1.54) is 6.07 Å². The van der Waals surface area contributed by atoms with Gasteiger partial charge in [0.2, 0.25) is 5.78 Å². The lowest BCUT2D eigenvalue weighted by atomic mass is 9.88. The predicted octanol–water partition coefficient (Wildman–Crippen LogP) is 3.53. The Morgan fingerprint density at radius 3 is 2.73 bits per heavy atom. The minimum absolute atomic E-state index is 0.0704. The number of halogens is 2. The number of nitrogens with one attached hydrogen (secondary N) is 1. The first-order chi connectivity index (χ1) is 10.3. The number of carbonyl (C=O) groups is 2. The molecule has 1 aliphatic rings. The van der Waals surface area contributed by atoms with Gasteiger partial charge in [-0.05, 0) is 44.8 Å². The zero-order chi connectivity index (χ0) is 16.1. The first kappa shape index (κ1) is 15.5. The molecule has 0 radical (unpaired) electrons. The summed E-state index contributed by atoms with van der Waals surface area (Å²) in [6.07, 6.45) is -0.387. The van der Waals surface area contributed by atoms with E-state index in [9.17, 15) is 14.7 Å². The molecule has 3 rings (SSSR count). The van der Waals surface area contributed by atoms with E-state index in [1.54, 1.807) is 12.1 Å². The van der Waals surface area contributed by atoms with E-state index in [1.807, 2.05) is 13.0 Å². The van der Waals surface area contributed by atoms with E-state index in [-0.39, 0.29) is 12.2 Å². The molecule has 2 heterocycles. The molecular weight excluding hydrogens is 418 g/mol. The molecule has 1 amide bonds. The highest BCUT2D eigenvalue weighted by Crippen LogP contribution is 2.40. The third-order valence-electron chi connectivity index (χ3n) is 3.58. The van der Waals surface area contributed by atoms with Gasteiger partial charge in [-0.25, -0.2) is 0 Å². The van der Waals surface area contributed by atoms with Gasteiger partial charge in [0.25, 0.3) is 5.91 Å². The average Bonchev–Trinajstić information content (AvgIpc) is 2.91. The highest BCUT2D eigenvalue weighted by molar-refractivity contribution is 9.13. The van der Waals surface area contributed by atoms with Gasteiger partial charge in [-0.1, -0.05) is 17.7 Å². The van der Waals surface area contributed by atoms with E-state index in [2.05, 4.69) is 37.2 Å². The van der Waals surface area contributed by atoms with E-state index in [0.29, 0.717) is 20.4 Å². The Bertz CT molecular complexity index is 779. The fourth-order valence-electron chi connectivity index (χ4n) is 2.44. The van der Waals surface area contributed by atoms with Crippen LogP contribution in [0.5, 0.6) is 0 Å². The van der Waals surface area contributed by atoms with Crippen LogP contribution in [0.25, 0.3) is 0 Å². The Labute approximate surface area is 143 Å². The Morgan fingerprint density at radius 2 is 2.09 bits per heavy atom. The molecule has 114 valence electrons. The monoisotopic (exact) mass is 427 g/mol. The largest absolute Gasteiger partial charge is 0.445 e. The van der Waals surface area contributed by atoms with Crippen molar-refractivity contribution < 1.29 is 19.1 Å². The number of aryl methyl sites for hydroxylation is 1. The molecule has 1 aromatic carbocycles. The third-order valence-corrected chi connectivity index (χ3v) is 5.29. The molecule has 7 heteroatoms. The van der Waals surface area contributed by atoms with Crippen molar-refractivity contribution in [1.29, 1.82) is 0 Å². The van der Waals surface area contributed by atoms with Crippen molar-refractivity contribution >= 4 is 49.2 Å². The highest BCUT2D eigenvalue weighted by Gasteiger charge is 2.47. The van der Waals surface area contributed by atoms with Crippen LogP contribution in [0.2, 0.25) is 0 Å². The molecule has 0 saturated carbocycles. The Hall–Kier alpha value is -1.44. The van der Waals surface area contributed by atoms with Crippen molar-refractivity contribution in [1.82, 2.24) is 0 Å². The summed E-state index contributed by atoms with van der Waals surface area (Å²) in [6.45, 7) is 1.85. The number of aliphatic hydroxyl groups is 1. The van der Waals surface area contributed by atoms with Crippen molar-refractivity contribution in [3.8, 4) is 0 Å². The van der Waals surface area contributed by atoms with Crippen LogP contribution in [0.1, 0.15) is 28.1 Å². The molecule has 5 nitrogen and oxygen atoms in total. The minimum Gasteiger partial charge on any atom is -0.445 e. The number of anilines is 1. The van der Waals surface area contributed by atoms with Crippen LogP contribution in [0.3, 0.4) is 0 Å². The van der Waals surface area contributed by atoms with Crippen molar-refractivity contribution in [2.24, 2.45) is 0 Å². The minimum atomic E-state index is -1.88. The lowest BCUT2D eigenvalue weighted by Gasteiger charge is -2.19. The van der Waals surface area contributed by atoms with Crippen LogP contribution in [0.15, 0.2) is 37.8 Å². The van der Waals surface area contributed by atoms with Crippen LogP contribution >= 0.6 is 31.9 Å². The predicted molar refractivity (Wildman–Crippen MR) is 86.8 cm³/mol. The fourth-order valence-corrected chi connectivity index (χ4v) is 3.01. The van der Waals surface area contributed by atoms with E-state index >= 15 is 0 Å². The SMILES string of the molecule is Cc1ccc2c(c1)[C@@](O)(CC(=O)c1cc(Br)c(Br)o1)C(=O)N2. The van der Waals surface area contributed by atoms with Gasteiger partial charge in [-0.3, -0.25) is 9.59 Å². The molecule has 0 unspecified atom stereocenters. The standard InChI is InChI=1S/C15H11Br2NO4/c1-7-2-3-10-8(4-7)15(21,14(20)18-10)6-11(19)12-5-9(16)13(17)22-12/h2-5,21H,6H2,1H3,(H,18,20)/t15-/m0/s1. The zero-order valence-electron chi connectivity index (χ0n) is 11.4. The summed E-state index contributed by atoms with van der Waals surface area (Å²) >= 11 is 6.37. The maximum atomic E-state index is 12.3. The summed E-state index contributed by atoms with van der Waals surface area (Å²) in [5.74, 6) is -0.995. The van der Waals surface area contributed by atoms with Crippen LogP contribution in [-0.2, 0) is 10.4 Å². The fraction of sp³-hybridized carbons (Fsp3) is 0.200. The van der Waals surface area contributed by atoms with Crippen LogP contribution < -0.4 is 5.32 Å². The van der Waals surface area contributed by atoms with Crippen LogP contribution in [0.4, 0.5) is 5.69 Å². The lowest BCUT2D eigenvalue weighted by Crippen LogP contribution is -2.36. The Morgan fingerprint density at radius 1 is 1.36 bits per heavy atom. The van der Waals surface area contributed by atoms with Crippen LogP contribution in [-0.4, -0.2) is 16.8 Å². The van der Waals surface area contributed by atoms with Gasteiger partial charge in [0.15, 0.2) is 16.0 Å². The molecule has 1 aliphatic heterocycles. The van der Waals surface area contributed by atoms with Crippen molar-refractivity contribution in [3.05, 3.63) is 50.3 Å². The number of benzene rings is 1. The second-order valence-corrected chi connectivity index (χ2v) is 6.77. The molecule has 0 saturated heterocycles. The number of rotatable bonds is 3. The molecule has 1 aromatic heterocycles. The van der Waals surface area contributed by atoms with E-state index < -0.39 is 17.3 Å². The molecule has 0 aliphatic carbocycles. The Balaban J connectivity index is 1.96. The van der Waals surface area contributed by atoms with Gasteiger partial charge < -0.3 is 14.8 Å². The summed E-state index contributed by atoms with van der Waals surface area (Å²) in [6, 6.07) is 6.74. The summed E-state index contributed by atoms with van der Waals surface area (Å²) < 4.78 is 6.23. The topological polar surface area (TPSA) is 79.5 Å². The lowest BCUT2D eigenvalue weighted by molar-refractivity contribution is -0.133. The second-order valence-electron chi connectivity index (χ2n) is 5.20. The second kappa shape index (κ2) is 5.33. The van der Waals surface area contributed by atoms with Crippen molar-refractivity contribution in [2.75, 3.05) is 5.32 Å². The maximum Gasteiger partial charge on any atom is 0.261 e. The van der Waals surface area contributed by atoms with Crippen LogP contribution in [0, 0.1) is 6.92 Å². The number of furan rings is 1. The quantitative estimate of drug-likeness (QED) is 0.733. The van der Waals surface area contributed by atoms with Gasteiger partial charge in [0.1, 0.15) is 0 Å². The molecule has 22 heavy (non-hydrogen) atoms. The van der Waals surface area contributed by atoms with E-state index in [0.717, 1.165) is 5.56 Å². The average molecular weight is 429 g/mol. The zero-order valence-corrected chi connectivity index (χ0v) is 14.6. The molecular formula is C15H11Br2NO4. The van der Waals surface area contributed by atoms with Crippen molar-refractivity contribution in [2.45, 2.75) is 18.9 Å². The van der Waals surface area contributed by atoms with Gasteiger partial charge >= 0.3 is 0 Å². The number of ketones is 1. The number of carbonyl (C=O) groups excluding carboxylic acids is 2. The molecule has 1 atom stereocenters. The van der Waals surface area contributed by atoms with Gasteiger partial charge in [0, 0.05) is 17.3 Å². The summed E-state index contributed by atoms with van der Waals surface area (Å²) in [5.41, 5.74) is -0.0580. The number of hydrogen-bond acceptors (Lipinski definition) is 4. The molecule has 2 N–H and O–H groups in total. The molecule has 0 fully saturated rings. The molecule has 2 aromatic rings. The number of amides is 1. The summed E-state index contributed by atoms with van der Waals surface area (Å²) in [4.78, 5) is 24.5. The van der Waals surface area contributed by atoms with E-state index in [4.69, 9.17) is 4.42 Å². The van der Waals surface area contributed by atoms with Crippen molar-refractivity contribution in [3.63, 3.8) is 0 Å². The number of hydrogen-bond donors (Lipinski definition) is 2. The Kier molecular flexibility index (Phi) is 3.74. The van der Waals surface area contributed by atoms with Gasteiger partial charge in [-0.15, -0.1) is 0 Å². The maximum absolute atomic E-state index is 12.3. The summed E-state index contributed by atoms with van der Waals surface area (Å²) in [5, 5.41) is 13.3. The van der Waals surface area contributed by atoms with Gasteiger partial charge in [-0.2, -0.15) is 0 Å². The number of fused-ring (bicyclic) bond motifs is 1. The first-order valence-electron chi connectivity index (χ1n) is 6.44. The molecule has 0 bridgehead atoms. The number of Topliss-reactive ketones (excluding diaryl/α,β-unsaturated/α-hetero) is 1. The highest BCUT2D eigenvalue weighted by atomic mass is 79.9. The smallest absolute Gasteiger partial charge is 0.261 e. The summed E-state index contributed by atoms with van der Waals surface area (Å²) in [7, 11) is 0. The normalized spacial score (nSPS) is 19.9. The third kappa shape index (κ3) is 2.43. The molecule has 0 spiro atoms. The first-order valence-corrected chi connectivity index (χ1v) is 8.03.